The van der Waals surface area contributed by atoms with Gasteiger partial charge in [-0.15, -0.1) is 5.10 Å². The number of amidine groups is 1. The molecule has 0 radical (unpaired) electrons. The Morgan fingerprint density at radius 3 is 2.19 bits per heavy atom. The van der Waals surface area contributed by atoms with Gasteiger partial charge in [-0.25, -0.2) is 5.01 Å². The van der Waals surface area contributed by atoms with Gasteiger partial charge in [-0.05, 0) is 39.2 Å². The molecule has 5 aromatic rings. The molecule has 0 fully saturated rings. The third-order valence-electron chi connectivity index (χ3n) is 6.80. The molecule has 1 amide bonds. The van der Waals surface area contributed by atoms with Crippen LogP contribution in [0.4, 0.5) is 0 Å². The molecule has 0 saturated heterocycles. The average Bonchev–Trinajstić information content (AvgIpc) is 2.95. The molecular weight excluding hydrogens is 476 g/mol. The molecule has 0 saturated carbocycles. The minimum Gasteiger partial charge on any atom is -0.298 e. The number of thioether (sulfide) groups is 1. The number of carbonyl (C=O) groups is 1. The molecule has 178 valence electrons. The molecule has 0 aliphatic carbocycles. The predicted octanol–water partition coefficient (Wildman–Crippen LogP) is 5.07. The molecular formula is C31H22N4OS. The van der Waals surface area contributed by atoms with Crippen molar-refractivity contribution in [1.82, 2.24) is 10.3 Å². The van der Waals surface area contributed by atoms with E-state index in [2.05, 4.69) is 72.0 Å². The fraction of sp³-hybridized carbons (Fsp3) is 0.0645. The summed E-state index contributed by atoms with van der Waals surface area (Å²) in [4.78, 5) is 18.8. The molecule has 1 N–H and O–H groups in total. The minimum atomic E-state index is -0.487. The van der Waals surface area contributed by atoms with Gasteiger partial charge in [0.2, 0.25) is 0 Å². The Bertz CT molecular complexity index is 1790. The molecule has 2 aliphatic rings. The smallest absolute Gasteiger partial charge is 0.276 e. The second kappa shape index (κ2) is 8.91. The van der Waals surface area contributed by atoms with Crippen LogP contribution >= 0.6 is 11.8 Å². The van der Waals surface area contributed by atoms with E-state index in [1.54, 1.807) is 0 Å². The Labute approximate surface area is 217 Å². The largest absolute Gasteiger partial charge is 0.298 e. The summed E-state index contributed by atoms with van der Waals surface area (Å²) in [5.41, 5.74) is 2.74. The number of hydrogen-bond donors (Lipinski definition) is 1. The number of benzene rings is 5. The summed E-state index contributed by atoms with van der Waals surface area (Å²) in [5.74, 6) is 0.543. The van der Waals surface area contributed by atoms with Gasteiger partial charge in [0.05, 0.1) is 5.36 Å². The number of para-hydroxylation sites is 1. The van der Waals surface area contributed by atoms with Gasteiger partial charge in [-0.2, -0.15) is 0 Å². The second-order valence-corrected chi connectivity index (χ2v) is 10.0. The van der Waals surface area contributed by atoms with Crippen molar-refractivity contribution in [3.63, 3.8) is 0 Å². The minimum absolute atomic E-state index is 0.164. The van der Waals surface area contributed by atoms with E-state index in [1.165, 1.54) is 17.3 Å². The van der Waals surface area contributed by atoms with Crippen molar-refractivity contribution in [3.8, 4) is 0 Å². The Balaban J connectivity index is 1.45. The number of carbonyl (C=O) groups excluding carboxylic acids is 1. The van der Waals surface area contributed by atoms with E-state index in [0.29, 0.717) is 16.6 Å². The zero-order valence-electron chi connectivity index (χ0n) is 19.8. The molecule has 0 bridgehead atoms. The molecule has 1 atom stereocenters. The quantitative estimate of drug-likeness (QED) is 0.354. The highest BCUT2D eigenvalue weighted by Crippen LogP contribution is 2.39. The first-order valence-electron chi connectivity index (χ1n) is 12.2. The van der Waals surface area contributed by atoms with E-state index < -0.39 is 6.17 Å². The first-order chi connectivity index (χ1) is 18.3. The topological polar surface area (TPSA) is 57.1 Å². The summed E-state index contributed by atoms with van der Waals surface area (Å²) < 4.78 is 0. The zero-order chi connectivity index (χ0) is 24.8. The Kier molecular flexibility index (Phi) is 5.26. The number of amides is 1. The van der Waals surface area contributed by atoms with Crippen LogP contribution in [0.25, 0.3) is 27.2 Å². The van der Waals surface area contributed by atoms with Crippen molar-refractivity contribution in [1.29, 1.82) is 0 Å². The lowest BCUT2D eigenvalue weighted by Gasteiger charge is -2.35. The van der Waals surface area contributed by atoms with E-state index in [1.807, 2.05) is 47.5 Å². The van der Waals surface area contributed by atoms with Crippen molar-refractivity contribution < 1.29 is 4.79 Å². The number of nitrogens with zero attached hydrogens (tertiary/aromatic N) is 3. The third-order valence-corrected chi connectivity index (χ3v) is 7.74. The van der Waals surface area contributed by atoms with Crippen LogP contribution in [0, 0.1) is 0 Å². The fourth-order valence-electron chi connectivity index (χ4n) is 5.13. The first-order valence-corrected chi connectivity index (χ1v) is 13.2. The summed E-state index contributed by atoms with van der Waals surface area (Å²) in [6.45, 7) is 0. The molecule has 2 aliphatic heterocycles. The third kappa shape index (κ3) is 3.77. The lowest BCUT2D eigenvalue weighted by molar-refractivity contribution is -0.116. The van der Waals surface area contributed by atoms with Crippen LogP contribution in [0.3, 0.4) is 0 Å². The van der Waals surface area contributed by atoms with Crippen LogP contribution in [0.5, 0.6) is 0 Å². The SMILES string of the molecule is O=C1NC(SCc2ccccc2)=NN2C1=c1ccccc1=N[C@@H]2c1c2ccccc2cc2ccccc12. The lowest BCUT2D eigenvalue weighted by Crippen LogP contribution is -2.50. The van der Waals surface area contributed by atoms with Crippen molar-refractivity contribution in [2.24, 2.45) is 10.1 Å². The van der Waals surface area contributed by atoms with Gasteiger partial charge >= 0.3 is 0 Å². The highest BCUT2D eigenvalue weighted by atomic mass is 32.2. The van der Waals surface area contributed by atoms with Gasteiger partial charge < -0.3 is 0 Å². The van der Waals surface area contributed by atoms with Gasteiger partial charge in [-0.1, -0.05) is 109 Å². The van der Waals surface area contributed by atoms with Gasteiger partial charge in [0.25, 0.3) is 5.91 Å². The molecule has 0 spiro atoms. The molecule has 2 heterocycles. The Morgan fingerprint density at radius 1 is 0.784 bits per heavy atom. The van der Waals surface area contributed by atoms with E-state index in [9.17, 15) is 4.79 Å². The van der Waals surface area contributed by atoms with Crippen molar-refractivity contribution >= 4 is 50.1 Å². The maximum absolute atomic E-state index is 13.6. The molecule has 6 heteroatoms. The van der Waals surface area contributed by atoms with E-state index in [4.69, 9.17) is 10.1 Å². The monoisotopic (exact) mass is 498 g/mol. The first kappa shape index (κ1) is 21.8. The second-order valence-electron chi connectivity index (χ2n) is 9.08. The van der Waals surface area contributed by atoms with Gasteiger partial charge in [0.1, 0.15) is 5.70 Å². The lowest BCUT2D eigenvalue weighted by atomic mass is 9.94. The number of rotatable bonds is 3. The van der Waals surface area contributed by atoms with Crippen LogP contribution < -0.4 is 15.9 Å². The van der Waals surface area contributed by atoms with E-state index >= 15 is 0 Å². The Morgan fingerprint density at radius 2 is 1.43 bits per heavy atom. The van der Waals surface area contributed by atoms with Gasteiger partial charge in [0.15, 0.2) is 11.3 Å². The van der Waals surface area contributed by atoms with Gasteiger partial charge in [-0.3, -0.25) is 15.1 Å². The van der Waals surface area contributed by atoms with E-state index in [0.717, 1.165) is 37.7 Å². The van der Waals surface area contributed by atoms with E-state index in [-0.39, 0.29) is 5.91 Å². The average molecular weight is 499 g/mol. The molecule has 0 aromatic heterocycles. The van der Waals surface area contributed by atoms with Crippen molar-refractivity contribution in [2.45, 2.75) is 11.9 Å². The number of fused-ring (bicyclic) bond motifs is 4. The Hall–Kier alpha value is -4.42. The standard InChI is InChI=1S/C31H22N4OS/c36-30-28-25-16-8-9-17-26(25)32-29(35(28)34-31(33-30)37-19-20-10-2-1-3-11-20)27-23-14-6-4-12-21(23)18-22-13-5-7-15-24(22)27/h1-18,29H,19H2,(H,33,34,36)/t29-/m0/s1. The summed E-state index contributed by atoms with van der Waals surface area (Å²) in [7, 11) is 0. The molecule has 37 heavy (non-hydrogen) atoms. The zero-order valence-corrected chi connectivity index (χ0v) is 20.7. The number of hydrogen-bond acceptors (Lipinski definition) is 5. The highest BCUT2D eigenvalue weighted by Gasteiger charge is 2.35. The molecule has 5 nitrogen and oxygen atoms in total. The summed E-state index contributed by atoms with van der Waals surface area (Å²) in [5, 5.41) is 16.5. The van der Waals surface area contributed by atoms with Crippen LogP contribution in [0.2, 0.25) is 0 Å². The number of hydrazone groups is 1. The summed E-state index contributed by atoms with van der Waals surface area (Å²) >= 11 is 1.52. The fourth-order valence-corrected chi connectivity index (χ4v) is 5.94. The maximum Gasteiger partial charge on any atom is 0.276 e. The summed E-state index contributed by atoms with van der Waals surface area (Å²) in [6.07, 6.45) is -0.487. The normalized spacial score (nSPS) is 16.6. The molecule has 0 unspecified atom stereocenters. The maximum atomic E-state index is 13.6. The van der Waals surface area contributed by atoms with Crippen LogP contribution in [0.15, 0.2) is 119 Å². The van der Waals surface area contributed by atoms with Crippen molar-refractivity contribution in [3.05, 3.63) is 131 Å². The van der Waals surface area contributed by atoms with Crippen LogP contribution in [0.1, 0.15) is 17.3 Å². The highest BCUT2D eigenvalue weighted by molar-refractivity contribution is 8.13. The molecule has 5 aromatic carbocycles. The van der Waals surface area contributed by atoms with Crippen molar-refractivity contribution in [2.75, 3.05) is 0 Å². The number of nitrogens with one attached hydrogen (secondary N) is 1. The summed E-state index contributed by atoms with van der Waals surface area (Å²) in [6, 6.07) is 36.9. The molecule has 7 rings (SSSR count). The van der Waals surface area contributed by atoms with Crippen LogP contribution in [-0.4, -0.2) is 16.1 Å². The predicted molar refractivity (Wildman–Crippen MR) is 150 cm³/mol. The van der Waals surface area contributed by atoms with Crippen LogP contribution in [-0.2, 0) is 10.5 Å². The van der Waals surface area contributed by atoms with Gasteiger partial charge in [0, 0.05) is 16.5 Å².